The zero-order valence-electron chi connectivity index (χ0n) is 26.1. The third-order valence-corrected chi connectivity index (χ3v) is 11.0. The van der Waals surface area contributed by atoms with Crippen molar-refractivity contribution in [3.05, 3.63) is 77.4 Å². The van der Waals surface area contributed by atoms with E-state index >= 15 is 0 Å². The van der Waals surface area contributed by atoms with Gasteiger partial charge in [-0.2, -0.15) is 0 Å². The standard InChI is InChI=1S/C35H42N4O5S/c1-22-16-29(45(43,44)39(2)3)13-15-30(22)25-8-4-23(5-9-25)17-27(18-33(40)26-10-6-24(20-36)7-11-26)35(42)38-28-12-14-31-32(19-28)37-21-34(31)41/h4-5,8-9,12-16,19,24,26-27,37H,6-7,10-11,17-18,20-21,36H2,1-3H3,(H,38,42)/t24?,26?,27-/m1/s1. The molecule has 1 heterocycles. The van der Waals surface area contributed by atoms with Crippen molar-refractivity contribution in [2.45, 2.75) is 50.3 Å². The van der Waals surface area contributed by atoms with E-state index in [2.05, 4.69) is 10.6 Å². The number of nitrogens with one attached hydrogen (secondary N) is 2. The number of benzene rings is 3. The third kappa shape index (κ3) is 7.35. The number of Topliss-reactive ketones (excluding diaryl/α,β-unsaturated/α-hetero) is 2. The van der Waals surface area contributed by atoms with E-state index in [1.54, 1.807) is 30.3 Å². The molecule has 0 radical (unpaired) electrons. The van der Waals surface area contributed by atoms with E-state index in [0.717, 1.165) is 47.9 Å². The Morgan fingerprint density at radius 3 is 2.31 bits per heavy atom. The van der Waals surface area contributed by atoms with Gasteiger partial charge in [-0.3, -0.25) is 14.4 Å². The Morgan fingerprint density at radius 2 is 1.67 bits per heavy atom. The Bertz CT molecular complexity index is 1690. The lowest BCUT2D eigenvalue weighted by molar-refractivity contribution is -0.129. The molecule has 10 heteroatoms. The van der Waals surface area contributed by atoms with Gasteiger partial charge in [-0.05, 0) is 104 Å². The van der Waals surface area contributed by atoms with Crippen LogP contribution in [0.5, 0.6) is 0 Å². The second-order valence-electron chi connectivity index (χ2n) is 12.5. The molecular formula is C35H42N4O5S. The Labute approximate surface area is 265 Å². The van der Waals surface area contributed by atoms with E-state index in [9.17, 15) is 22.8 Å². The average molecular weight is 631 g/mol. The summed E-state index contributed by atoms with van der Waals surface area (Å²) in [6.45, 7) is 2.77. The number of fused-ring (bicyclic) bond motifs is 1. The number of carbonyl (C=O) groups is 3. The largest absolute Gasteiger partial charge is 0.377 e. The van der Waals surface area contributed by atoms with E-state index in [-0.39, 0.29) is 41.3 Å². The van der Waals surface area contributed by atoms with Gasteiger partial charge in [0.05, 0.1) is 11.4 Å². The van der Waals surface area contributed by atoms with Crippen LogP contribution in [0.4, 0.5) is 11.4 Å². The summed E-state index contributed by atoms with van der Waals surface area (Å²) >= 11 is 0. The summed E-state index contributed by atoms with van der Waals surface area (Å²) in [6, 6.07) is 18.2. The molecule has 3 aromatic carbocycles. The summed E-state index contributed by atoms with van der Waals surface area (Å²) in [5.41, 5.74) is 11.3. The number of carbonyl (C=O) groups excluding carboxylic acids is 3. The van der Waals surface area contributed by atoms with Crippen LogP contribution in [0.3, 0.4) is 0 Å². The highest BCUT2D eigenvalue weighted by Gasteiger charge is 2.30. The number of nitrogens with two attached hydrogens (primary N) is 1. The molecule has 3 aromatic rings. The topological polar surface area (TPSA) is 139 Å². The molecule has 1 saturated carbocycles. The van der Waals surface area contributed by atoms with E-state index in [0.29, 0.717) is 35.8 Å². The maximum Gasteiger partial charge on any atom is 0.242 e. The van der Waals surface area contributed by atoms with Crippen molar-refractivity contribution < 1.29 is 22.8 Å². The highest BCUT2D eigenvalue weighted by Crippen LogP contribution is 2.32. The van der Waals surface area contributed by atoms with Crippen molar-refractivity contribution in [2.75, 3.05) is 37.8 Å². The lowest BCUT2D eigenvalue weighted by Gasteiger charge is -2.27. The van der Waals surface area contributed by atoms with E-state index in [4.69, 9.17) is 5.73 Å². The zero-order valence-corrected chi connectivity index (χ0v) is 27.0. The van der Waals surface area contributed by atoms with Crippen LogP contribution in [-0.4, -0.2) is 57.4 Å². The van der Waals surface area contributed by atoms with Gasteiger partial charge in [-0.25, -0.2) is 12.7 Å². The molecule has 45 heavy (non-hydrogen) atoms. The second-order valence-corrected chi connectivity index (χ2v) is 14.7. The predicted molar refractivity (Wildman–Crippen MR) is 177 cm³/mol. The summed E-state index contributed by atoms with van der Waals surface area (Å²) in [5.74, 6) is -0.264. The minimum absolute atomic E-state index is 0.0175. The molecule has 1 aliphatic carbocycles. The molecule has 0 unspecified atom stereocenters. The molecule has 1 fully saturated rings. The summed E-state index contributed by atoms with van der Waals surface area (Å²) in [5, 5.41) is 6.05. The van der Waals surface area contributed by atoms with Crippen LogP contribution in [0.25, 0.3) is 11.1 Å². The van der Waals surface area contributed by atoms with Crippen LogP contribution >= 0.6 is 0 Å². The predicted octanol–water partition coefficient (Wildman–Crippen LogP) is 5.04. The van der Waals surface area contributed by atoms with Crippen molar-refractivity contribution in [3.8, 4) is 11.1 Å². The molecule has 0 bridgehead atoms. The minimum atomic E-state index is -3.53. The van der Waals surface area contributed by atoms with Crippen molar-refractivity contribution in [1.29, 1.82) is 0 Å². The number of hydrogen-bond donors (Lipinski definition) is 3. The summed E-state index contributed by atoms with van der Waals surface area (Å²) in [6.07, 6.45) is 4.02. The molecular weight excluding hydrogens is 588 g/mol. The lowest BCUT2D eigenvalue weighted by atomic mass is 9.77. The SMILES string of the molecule is Cc1cc(S(=O)(=O)N(C)C)ccc1-c1ccc(C[C@H](CC(=O)C2CCC(CN)CC2)C(=O)Nc2ccc3c(c2)NCC3=O)cc1. The van der Waals surface area contributed by atoms with Gasteiger partial charge in [-0.1, -0.05) is 30.3 Å². The van der Waals surface area contributed by atoms with Gasteiger partial charge in [0.15, 0.2) is 5.78 Å². The number of aryl methyl sites for hydroxylation is 1. The minimum Gasteiger partial charge on any atom is -0.377 e. The van der Waals surface area contributed by atoms with E-state index in [1.807, 2.05) is 37.3 Å². The zero-order chi connectivity index (χ0) is 32.3. The van der Waals surface area contributed by atoms with Gasteiger partial charge in [0.25, 0.3) is 0 Å². The van der Waals surface area contributed by atoms with E-state index in [1.165, 1.54) is 18.4 Å². The normalized spacial score (nSPS) is 18.7. The molecule has 238 valence electrons. The number of nitrogens with zero attached hydrogens (tertiary/aromatic N) is 1. The first-order valence-electron chi connectivity index (χ1n) is 15.5. The molecule has 2 aliphatic rings. The van der Waals surface area contributed by atoms with Crippen molar-refractivity contribution >= 4 is 38.9 Å². The van der Waals surface area contributed by atoms with Gasteiger partial charge in [0.1, 0.15) is 5.78 Å². The number of rotatable bonds is 11. The maximum absolute atomic E-state index is 13.7. The van der Waals surface area contributed by atoms with Crippen LogP contribution in [-0.2, 0) is 26.0 Å². The summed E-state index contributed by atoms with van der Waals surface area (Å²) in [4.78, 5) is 39.4. The quantitative estimate of drug-likeness (QED) is 0.270. The van der Waals surface area contributed by atoms with Gasteiger partial charge < -0.3 is 16.4 Å². The molecule has 4 N–H and O–H groups in total. The van der Waals surface area contributed by atoms with Gasteiger partial charge in [-0.15, -0.1) is 0 Å². The van der Waals surface area contributed by atoms with Gasteiger partial charge in [0, 0.05) is 49.3 Å². The highest BCUT2D eigenvalue weighted by molar-refractivity contribution is 7.89. The second kappa shape index (κ2) is 13.6. The Morgan fingerprint density at radius 1 is 0.978 bits per heavy atom. The fourth-order valence-electron chi connectivity index (χ4n) is 6.35. The Hall–Kier alpha value is -3.86. The average Bonchev–Trinajstić information content (AvgIpc) is 3.40. The summed E-state index contributed by atoms with van der Waals surface area (Å²) in [7, 11) is -0.514. The molecule has 1 atom stereocenters. The van der Waals surface area contributed by atoms with Crippen LogP contribution < -0.4 is 16.4 Å². The van der Waals surface area contributed by atoms with Crippen LogP contribution in [0.1, 0.15) is 53.6 Å². The highest BCUT2D eigenvalue weighted by atomic mass is 32.2. The molecule has 1 amide bonds. The fourth-order valence-corrected chi connectivity index (χ4v) is 7.34. The molecule has 5 rings (SSSR count). The number of sulfonamides is 1. The first-order valence-corrected chi connectivity index (χ1v) is 17.0. The van der Waals surface area contributed by atoms with Crippen LogP contribution in [0.2, 0.25) is 0 Å². The Balaban J connectivity index is 1.33. The molecule has 0 spiro atoms. The lowest BCUT2D eigenvalue weighted by Crippen LogP contribution is -2.31. The molecule has 0 aromatic heterocycles. The summed E-state index contributed by atoms with van der Waals surface area (Å²) < 4.78 is 26.3. The number of anilines is 2. The monoisotopic (exact) mass is 630 g/mol. The van der Waals surface area contributed by atoms with E-state index < -0.39 is 15.9 Å². The van der Waals surface area contributed by atoms with Gasteiger partial charge >= 0.3 is 0 Å². The molecule has 1 aliphatic heterocycles. The van der Waals surface area contributed by atoms with Crippen LogP contribution in [0.15, 0.2) is 65.6 Å². The fraction of sp³-hybridized carbons (Fsp3) is 0.400. The number of ketones is 2. The first kappa shape index (κ1) is 32.5. The molecule has 9 nitrogen and oxygen atoms in total. The smallest absolute Gasteiger partial charge is 0.242 e. The Kier molecular flexibility index (Phi) is 9.86. The van der Waals surface area contributed by atoms with Crippen molar-refractivity contribution in [1.82, 2.24) is 4.31 Å². The maximum atomic E-state index is 13.7. The van der Waals surface area contributed by atoms with Crippen molar-refractivity contribution in [3.63, 3.8) is 0 Å². The third-order valence-electron chi connectivity index (χ3n) is 9.20. The number of hydrogen-bond acceptors (Lipinski definition) is 7. The van der Waals surface area contributed by atoms with Crippen LogP contribution in [0, 0.1) is 24.7 Å². The van der Waals surface area contributed by atoms with Crippen molar-refractivity contribution in [2.24, 2.45) is 23.5 Å². The number of amides is 1. The van der Waals surface area contributed by atoms with Gasteiger partial charge in [0.2, 0.25) is 15.9 Å². The first-order chi connectivity index (χ1) is 21.5. The molecule has 0 saturated heterocycles.